The molecule has 12 heavy (non-hydrogen) atoms. The third kappa shape index (κ3) is 2.16. The Bertz CT molecular complexity index is 344. The lowest BCUT2D eigenvalue weighted by Gasteiger charge is -1.87. The van der Waals surface area contributed by atoms with Gasteiger partial charge in [-0.15, -0.1) is 11.3 Å². The molecule has 3 heteroatoms. The standard InChI is InChI=1S/C9H11NS2/c1-3-5-6-8-7(4-2)10-9(11)12-8/h4-6H,2-3H2,1H3,(H,10,11)/b6-5-. The van der Waals surface area contributed by atoms with Crippen molar-refractivity contribution in [2.45, 2.75) is 13.3 Å². The highest BCUT2D eigenvalue weighted by Gasteiger charge is 1.97. The molecule has 0 spiro atoms. The van der Waals surface area contributed by atoms with Crippen LogP contribution in [0.25, 0.3) is 12.2 Å². The van der Waals surface area contributed by atoms with Crippen molar-refractivity contribution in [2.75, 3.05) is 0 Å². The van der Waals surface area contributed by atoms with Crippen molar-refractivity contribution >= 4 is 35.7 Å². The largest absolute Gasteiger partial charge is 0.337 e. The van der Waals surface area contributed by atoms with Gasteiger partial charge >= 0.3 is 0 Å². The van der Waals surface area contributed by atoms with E-state index < -0.39 is 0 Å². The summed E-state index contributed by atoms with van der Waals surface area (Å²) in [5.41, 5.74) is 1.02. The van der Waals surface area contributed by atoms with E-state index in [1.165, 1.54) is 0 Å². The molecule has 0 aliphatic carbocycles. The van der Waals surface area contributed by atoms with E-state index in [9.17, 15) is 0 Å². The predicted octanol–water partition coefficient (Wildman–Crippen LogP) is 3.87. The van der Waals surface area contributed by atoms with E-state index in [2.05, 4.69) is 30.6 Å². The monoisotopic (exact) mass is 197 g/mol. The Morgan fingerprint density at radius 1 is 1.67 bits per heavy atom. The quantitative estimate of drug-likeness (QED) is 0.727. The topological polar surface area (TPSA) is 15.8 Å². The summed E-state index contributed by atoms with van der Waals surface area (Å²) in [5, 5.41) is 0. The molecule has 0 radical (unpaired) electrons. The van der Waals surface area contributed by atoms with Crippen molar-refractivity contribution in [3.8, 4) is 0 Å². The van der Waals surface area contributed by atoms with Crippen LogP contribution < -0.4 is 0 Å². The molecule has 0 bridgehead atoms. The molecular weight excluding hydrogens is 186 g/mol. The van der Waals surface area contributed by atoms with Gasteiger partial charge in [0, 0.05) is 0 Å². The van der Waals surface area contributed by atoms with Gasteiger partial charge in [0.1, 0.15) is 0 Å². The summed E-state index contributed by atoms with van der Waals surface area (Å²) >= 11 is 6.60. The summed E-state index contributed by atoms with van der Waals surface area (Å²) in [6.07, 6.45) is 7.03. The van der Waals surface area contributed by atoms with Gasteiger partial charge in [-0.1, -0.05) is 19.6 Å². The van der Waals surface area contributed by atoms with E-state index in [-0.39, 0.29) is 0 Å². The van der Waals surface area contributed by atoms with Gasteiger partial charge in [-0.25, -0.2) is 0 Å². The highest BCUT2D eigenvalue weighted by molar-refractivity contribution is 7.73. The summed E-state index contributed by atoms with van der Waals surface area (Å²) < 4.78 is 0.806. The van der Waals surface area contributed by atoms with Crippen LogP contribution in [0.1, 0.15) is 23.9 Å². The minimum Gasteiger partial charge on any atom is -0.337 e. The number of rotatable bonds is 3. The third-order valence-corrected chi connectivity index (χ3v) is 2.63. The second kappa shape index (κ2) is 4.38. The maximum Gasteiger partial charge on any atom is 0.159 e. The second-order valence-electron chi connectivity index (χ2n) is 2.31. The number of allylic oxidation sites excluding steroid dienone is 1. The molecule has 1 nitrogen and oxygen atoms in total. The van der Waals surface area contributed by atoms with Crippen LogP contribution in [0.15, 0.2) is 12.7 Å². The zero-order valence-electron chi connectivity index (χ0n) is 6.96. The minimum atomic E-state index is 0.806. The Morgan fingerprint density at radius 3 is 3.00 bits per heavy atom. The predicted molar refractivity (Wildman–Crippen MR) is 58.9 cm³/mol. The summed E-state index contributed by atoms with van der Waals surface area (Å²) in [5.74, 6) is 0. The van der Waals surface area contributed by atoms with Crippen LogP contribution in [0.2, 0.25) is 0 Å². The average molecular weight is 197 g/mol. The van der Waals surface area contributed by atoms with Gasteiger partial charge < -0.3 is 4.98 Å². The molecule has 0 aliphatic heterocycles. The van der Waals surface area contributed by atoms with Gasteiger partial charge in [0.05, 0.1) is 10.6 Å². The maximum absolute atomic E-state index is 5.02. The number of aromatic amines is 1. The van der Waals surface area contributed by atoms with Crippen LogP contribution in [0.5, 0.6) is 0 Å². The van der Waals surface area contributed by atoms with Crippen LogP contribution in [0.3, 0.4) is 0 Å². The molecule has 0 aliphatic rings. The molecule has 1 heterocycles. The Hall–Kier alpha value is -0.670. The van der Waals surface area contributed by atoms with Gasteiger partial charge in [-0.05, 0) is 30.8 Å². The number of H-pyrrole nitrogens is 1. The molecule has 0 unspecified atom stereocenters. The number of aromatic nitrogens is 1. The van der Waals surface area contributed by atoms with Gasteiger partial charge in [-0.3, -0.25) is 0 Å². The Morgan fingerprint density at radius 2 is 2.42 bits per heavy atom. The fourth-order valence-electron chi connectivity index (χ4n) is 0.852. The Balaban J connectivity index is 3.04. The van der Waals surface area contributed by atoms with Crippen molar-refractivity contribution in [2.24, 2.45) is 0 Å². The normalized spacial score (nSPS) is 10.8. The molecule has 0 fully saturated rings. The summed E-state index contributed by atoms with van der Waals surface area (Å²) in [6.45, 7) is 5.82. The molecular formula is C9H11NS2. The van der Waals surface area contributed by atoms with E-state index in [0.717, 1.165) is 20.9 Å². The first-order chi connectivity index (χ1) is 5.77. The minimum absolute atomic E-state index is 0.806. The molecule has 0 amide bonds. The van der Waals surface area contributed by atoms with Crippen molar-refractivity contribution in [3.63, 3.8) is 0 Å². The highest BCUT2D eigenvalue weighted by Crippen LogP contribution is 2.18. The SMILES string of the molecule is C=Cc1[nH]c(=S)sc1/C=C\CC. The molecule has 1 aromatic heterocycles. The summed E-state index contributed by atoms with van der Waals surface area (Å²) in [7, 11) is 0. The lowest BCUT2D eigenvalue weighted by atomic mass is 10.3. The van der Waals surface area contributed by atoms with E-state index in [0.29, 0.717) is 0 Å². The lowest BCUT2D eigenvalue weighted by molar-refractivity contribution is 1.23. The van der Waals surface area contributed by atoms with Crippen molar-refractivity contribution in [1.82, 2.24) is 4.98 Å². The molecule has 0 aromatic carbocycles. The van der Waals surface area contributed by atoms with Crippen LogP contribution in [0, 0.1) is 3.95 Å². The van der Waals surface area contributed by atoms with E-state index >= 15 is 0 Å². The average Bonchev–Trinajstić information content (AvgIpc) is 2.42. The zero-order valence-corrected chi connectivity index (χ0v) is 8.60. The highest BCUT2D eigenvalue weighted by atomic mass is 32.1. The zero-order chi connectivity index (χ0) is 8.97. The molecule has 1 aromatic rings. The van der Waals surface area contributed by atoms with Crippen LogP contribution in [-0.4, -0.2) is 4.98 Å². The van der Waals surface area contributed by atoms with Crippen molar-refractivity contribution < 1.29 is 0 Å². The molecule has 1 N–H and O–H groups in total. The summed E-state index contributed by atoms with van der Waals surface area (Å²) in [6, 6.07) is 0. The number of hydrogen-bond donors (Lipinski definition) is 1. The van der Waals surface area contributed by atoms with Crippen molar-refractivity contribution in [1.29, 1.82) is 0 Å². The first-order valence-corrected chi connectivity index (χ1v) is 5.02. The van der Waals surface area contributed by atoms with Gasteiger partial charge in [0.2, 0.25) is 0 Å². The van der Waals surface area contributed by atoms with E-state index in [1.54, 1.807) is 17.4 Å². The van der Waals surface area contributed by atoms with Gasteiger partial charge in [0.25, 0.3) is 0 Å². The fraction of sp³-hybridized carbons (Fsp3) is 0.222. The van der Waals surface area contributed by atoms with Gasteiger partial charge in [0.15, 0.2) is 3.95 Å². The summed E-state index contributed by atoms with van der Waals surface area (Å²) in [4.78, 5) is 4.23. The maximum atomic E-state index is 5.02. The lowest BCUT2D eigenvalue weighted by Crippen LogP contribution is -1.72. The Labute approximate surface area is 81.5 Å². The Kier molecular flexibility index (Phi) is 3.44. The smallest absolute Gasteiger partial charge is 0.159 e. The molecule has 0 atom stereocenters. The van der Waals surface area contributed by atoms with E-state index in [1.807, 2.05) is 0 Å². The van der Waals surface area contributed by atoms with Crippen LogP contribution >= 0.6 is 23.6 Å². The van der Waals surface area contributed by atoms with E-state index in [4.69, 9.17) is 12.2 Å². The number of nitrogens with one attached hydrogen (secondary N) is 1. The van der Waals surface area contributed by atoms with Crippen molar-refractivity contribution in [3.05, 3.63) is 27.2 Å². The molecule has 0 saturated carbocycles. The number of thiazole rings is 1. The van der Waals surface area contributed by atoms with Gasteiger partial charge in [-0.2, -0.15) is 0 Å². The second-order valence-corrected chi connectivity index (χ2v) is 4.03. The number of hydrogen-bond acceptors (Lipinski definition) is 2. The molecule has 0 saturated heterocycles. The molecule has 1 rings (SSSR count). The molecule has 64 valence electrons. The fourth-order valence-corrected chi connectivity index (χ4v) is 2.00. The first kappa shape index (κ1) is 9.42. The van der Waals surface area contributed by atoms with Crippen LogP contribution in [0.4, 0.5) is 0 Å². The first-order valence-electron chi connectivity index (χ1n) is 3.80. The third-order valence-electron chi connectivity index (χ3n) is 1.41. The van der Waals surface area contributed by atoms with Crippen LogP contribution in [-0.2, 0) is 0 Å².